The molecular weight excluding hydrogens is 418 g/mol. The molecule has 0 bridgehead atoms. The smallest absolute Gasteiger partial charge is 0.409 e. The number of pyridine rings is 1. The van der Waals surface area contributed by atoms with E-state index >= 15 is 0 Å². The van der Waals surface area contributed by atoms with E-state index in [9.17, 15) is 9.59 Å². The van der Waals surface area contributed by atoms with Gasteiger partial charge in [-0.25, -0.2) is 9.78 Å². The zero-order valence-electron chi connectivity index (χ0n) is 20.1. The fourth-order valence-electron chi connectivity index (χ4n) is 4.99. The maximum atomic E-state index is 12.9. The van der Waals surface area contributed by atoms with Gasteiger partial charge in [0.05, 0.1) is 18.4 Å². The van der Waals surface area contributed by atoms with Crippen molar-refractivity contribution in [2.45, 2.75) is 45.4 Å². The van der Waals surface area contributed by atoms with Gasteiger partial charge in [-0.3, -0.25) is 4.79 Å². The number of methoxy groups -OCH3 is 1. The fourth-order valence-corrected chi connectivity index (χ4v) is 4.99. The number of ether oxygens (including phenoxy) is 1. The van der Waals surface area contributed by atoms with Gasteiger partial charge < -0.3 is 24.3 Å². The van der Waals surface area contributed by atoms with E-state index in [1.165, 1.54) is 7.11 Å². The van der Waals surface area contributed by atoms with E-state index in [2.05, 4.69) is 29.0 Å². The molecule has 180 valence electrons. The van der Waals surface area contributed by atoms with Crippen LogP contribution in [0.5, 0.6) is 0 Å². The quantitative estimate of drug-likeness (QED) is 0.722. The van der Waals surface area contributed by atoms with Crippen LogP contribution in [-0.4, -0.2) is 77.6 Å². The van der Waals surface area contributed by atoms with Crippen molar-refractivity contribution in [3.63, 3.8) is 0 Å². The van der Waals surface area contributed by atoms with E-state index in [-0.39, 0.29) is 12.0 Å². The zero-order valence-corrected chi connectivity index (χ0v) is 20.1. The molecule has 1 N–H and O–H groups in total. The number of hydrogen-bond donors (Lipinski definition) is 1. The predicted molar refractivity (Wildman–Crippen MR) is 127 cm³/mol. The summed E-state index contributed by atoms with van der Waals surface area (Å²) in [6, 6.07) is 3.76. The predicted octanol–water partition coefficient (Wildman–Crippen LogP) is 3.38. The number of piperidine rings is 2. The van der Waals surface area contributed by atoms with E-state index < -0.39 is 0 Å². The summed E-state index contributed by atoms with van der Waals surface area (Å²) in [7, 11) is 1.45. The number of nitrogens with zero attached hydrogens (tertiary/aromatic N) is 4. The molecule has 8 heteroatoms. The van der Waals surface area contributed by atoms with Crippen LogP contribution in [0.15, 0.2) is 24.5 Å². The molecule has 0 atom stereocenters. The van der Waals surface area contributed by atoms with Crippen molar-refractivity contribution in [2.75, 3.05) is 46.4 Å². The lowest BCUT2D eigenvalue weighted by atomic mass is 9.93. The SMILES string of the molecule is COC(=O)N1CCC(CN2CCC(CNC(=O)c3cccn4cc(C(C)C)nc34)CC2)CC1. The minimum Gasteiger partial charge on any atom is -0.453 e. The number of carbonyl (C=O) groups is 2. The second kappa shape index (κ2) is 10.5. The van der Waals surface area contributed by atoms with Crippen molar-refractivity contribution in [1.82, 2.24) is 24.5 Å². The Morgan fingerprint density at radius 1 is 1.12 bits per heavy atom. The maximum Gasteiger partial charge on any atom is 0.409 e. The number of amides is 2. The third kappa shape index (κ3) is 5.66. The van der Waals surface area contributed by atoms with Crippen LogP contribution >= 0.6 is 0 Å². The van der Waals surface area contributed by atoms with E-state index in [1.54, 1.807) is 4.90 Å². The molecule has 2 aliphatic rings. The largest absolute Gasteiger partial charge is 0.453 e. The third-order valence-corrected chi connectivity index (χ3v) is 7.16. The topological polar surface area (TPSA) is 79.2 Å². The Morgan fingerprint density at radius 3 is 2.48 bits per heavy atom. The Bertz CT molecular complexity index is 956. The standard InChI is InChI=1S/C25H37N5O3/c1-18(2)22-17-30-10-4-5-21(23(30)27-22)24(31)26-15-19-6-11-28(12-7-19)16-20-8-13-29(14-9-20)25(32)33-3/h4-5,10,17-20H,6-9,11-16H2,1-3H3,(H,26,31). The first-order chi connectivity index (χ1) is 15.9. The summed E-state index contributed by atoms with van der Waals surface area (Å²) in [5.41, 5.74) is 2.37. The van der Waals surface area contributed by atoms with Crippen molar-refractivity contribution in [3.05, 3.63) is 35.8 Å². The molecule has 2 aromatic rings. The highest BCUT2D eigenvalue weighted by Gasteiger charge is 2.27. The third-order valence-electron chi connectivity index (χ3n) is 7.16. The summed E-state index contributed by atoms with van der Waals surface area (Å²) in [5.74, 6) is 1.44. The van der Waals surface area contributed by atoms with Gasteiger partial charge in [0, 0.05) is 38.6 Å². The molecule has 2 saturated heterocycles. The summed E-state index contributed by atoms with van der Waals surface area (Å²) in [4.78, 5) is 33.6. The Balaban J connectivity index is 1.21. The normalized spacial score (nSPS) is 18.7. The number of rotatable bonds is 6. The average Bonchev–Trinajstić information content (AvgIpc) is 3.28. The van der Waals surface area contributed by atoms with E-state index in [4.69, 9.17) is 4.74 Å². The highest BCUT2D eigenvalue weighted by Crippen LogP contribution is 2.23. The van der Waals surface area contributed by atoms with Gasteiger partial charge in [-0.1, -0.05) is 13.8 Å². The molecule has 2 fully saturated rings. The van der Waals surface area contributed by atoms with Crippen molar-refractivity contribution < 1.29 is 14.3 Å². The summed E-state index contributed by atoms with van der Waals surface area (Å²) >= 11 is 0. The van der Waals surface area contributed by atoms with Gasteiger partial charge in [0.2, 0.25) is 0 Å². The minimum absolute atomic E-state index is 0.0405. The van der Waals surface area contributed by atoms with Gasteiger partial charge in [0.1, 0.15) is 5.65 Å². The molecule has 0 radical (unpaired) electrons. The molecule has 2 aliphatic heterocycles. The lowest BCUT2D eigenvalue weighted by Crippen LogP contribution is -2.44. The molecule has 0 aromatic carbocycles. The van der Waals surface area contributed by atoms with Crippen molar-refractivity contribution >= 4 is 17.6 Å². The van der Waals surface area contributed by atoms with Gasteiger partial charge in [-0.2, -0.15) is 0 Å². The van der Waals surface area contributed by atoms with Crippen LogP contribution in [0, 0.1) is 11.8 Å². The second-order valence-corrected chi connectivity index (χ2v) is 9.83. The Hall–Kier alpha value is -2.61. The Kier molecular flexibility index (Phi) is 7.53. The minimum atomic E-state index is -0.208. The van der Waals surface area contributed by atoms with Crippen LogP contribution in [0.2, 0.25) is 0 Å². The number of imidazole rings is 1. The first-order valence-corrected chi connectivity index (χ1v) is 12.3. The summed E-state index contributed by atoms with van der Waals surface area (Å²) in [6.07, 6.45) is 8.04. The first kappa shape index (κ1) is 23.5. The van der Waals surface area contributed by atoms with E-state index in [0.29, 0.717) is 29.9 Å². The number of nitrogens with one attached hydrogen (secondary N) is 1. The molecule has 0 spiro atoms. The number of aromatic nitrogens is 2. The molecule has 4 rings (SSSR count). The molecule has 0 unspecified atom stereocenters. The van der Waals surface area contributed by atoms with Gasteiger partial charge >= 0.3 is 6.09 Å². The van der Waals surface area contributed by atoms with Crippen molar-refractivity contribution in [2.24, 2.45) is 11.8 Å². The number of likely N-dealkylation sites (tertiary alicyclic amines) is 2. The fraction of sp³-hybridized carbons (Fsp3) is 0.640. The van der Waals surface area contributed by atoms with Crippen LogP contribution in [0.3, 0.4) is 0 Å². The molecule has 0 saturated carbocycles. The summed E-state index contributed by atoms with van der Waals surface area (Å²) < 4.78 is 6.77. The van der Waals surface area contributed by atoms with Crippen LogP contribution < -0.4 is 5.32 Å². The average molecular weight is 456 g/mol. The van der Waals surface area contributed by atoms with Gasteiger partial charge in [0.15, 0.2) is 0 Å². The monoisotopic (exact) mass is 455 g/mol. The second-order valence-electron chi connectivity index (χ2n) is 9.83. The van der Waals surface area contributed by atoms with E-state index in [1.807, 2.05) is 28.9 Å². The molecule has 33 heavy (non-hydrogen) atoms. The van der Waals surface area contributed by atoms with Crippen molar-refractivity contribution in [3.8, 4) is 0 Å². The highest BCUT2D eigenvalue weighted by molar-refractivity contribution is 5.99. The van der Waals surface area contributed by atoms with Gasteiger partial charge in [0.25, 0.3) is 5.91 Å². The Labute approximate surface area is 196 Å². The summed E-state index contributed by atoms with van der Waals surface area (Å²) in [5, 5.41) is 3.16. The molecule has 0 aliphatic carbocycles. The van der Waals surface area contributed by atoms with Crippen LogP contribution in [0.4, 0.5) is 4.79 Å². The van der Waals surface area contributed by atoms with Crippen molar-refractivity contribution in [1.29, 1.82) is 0 Å². The number of hydrogen-bond acceptors (Lipinski definition) is 5. The molecule has 4 heterocycles. The van der Waals surface area contributed by atoms with Crippen LogP contribution in [0.1, 0.15) is 61.5 Å². The first-order valence-electron chi connectivity index (χ1n) is 12.3. The Morgan fingerprint density at radius 2 is 1.82 bits per heavy atom. The van der Waals surface area contributed by atoms with Crippen LogP contribution in [-0.2, 0) is 4.74 Å². The zero-order chi connectivity index (χ0) is 23.4. The lowest BCUT2D eigenvalue weighted by Gasteiger charge is -2.37. The van der Waals surface area contributed by atoms with E-state index in [0.717, 1.165) is 69.7 Å². The molecule has 2 amide bonds. The lowest BCUT2D eigenvalue weighted by molar-refractivity contribution is 0.0891. The maximum absolute atomic E-state index is 12.9. The van der Waals surface area contributed by atoms with Gasteiger partial charge in [-0.15, -0.1) is 0 Å². The molecule has 8 nitrogen and oxygen atoms in total. The van der Waals surface area contributed by atoms with Crippen LogP contribution in [0.25, 0.3) is 5.65 Å². The number of fused-ring (bicyclic) bond motifs is 1. The van der Waals surface area contributed by atoms with Gasteiger partial charge in [-0.05, 0) is 68.7 Å². The summed E-state index contributed by atoms with van der Waals surface area (Å²) in [6.45, 7) is 9.77. The number of carbonyl (C=O) groups excluding carboxylic acids is 2. The highest BCUT2D eigenvalue weighted by atomic mass is 16.5. The molecule has 2 aromatic heterocycles. The molecular formula is C25H37N5O3.